The normalized spacial score (nSPS) is 10.5. The second-order valence-electron chi connectivity index (χ2n) is 5.54. The number of amides is 1. The van der Waals surface area contributed by atoms with E-state index in [1.54, 1.807) is 30.6 Å². The molecule has 0 radical (unpaired) electrons. The van der Waals surface area contributed by atoms with E-state index in [9.17, 15) is 4.79 Å². The van der Waals surface area contributed by atoms with Crippen LogP contribution in [0.15, 0.2) is 72.7 Å². The number of benzene rings is 1. The number of aromatic nitrogens is 4. The summed E-state index contributed by atoms with van der Waals surface area (Å²) in [4.78, 5) is 16.1. The number of thioether (sulfide) groups is 1. The van der Waals surface area contributed by atoms with Gasteiger partial charge in [-0.25, -0.2) is 0 Å². The molecule has 132 valence electrons. The predicted molar refractivity (Wildman–Crippen MR) is 103 cm³/mol. The Bertz CT molecular complexity index is 864. The number of allylic oxidation sites excluding steroid dienone is 1. The number of hydrogen-bond acceptors (Lipinski definition) is 5. The average Bonchev–Trinajstić information content (AvgIpc) is 3.04. The van der Waals surface area contributed by atoms with Crippen LogP contribution in [0, 0.1) is 0 Å². The Labute approximate surface area is 156 Å². The molecule has 1 N–H and O–H groups in total. The summed E-state index contributed by atoms with van der Waals surface area (Å²) in [6.07, 6.45) is 5.76. The summed E-state index contributed by atoms with van der Waals surface area (Å²) in [5, 5.41) is 12.1. The number of carbonyl (C=O) groups is 1. The van der Waals surface area contributed by atoms with E-state index in [-0.39, 0.29) is 11.7 Å². The van der Waals surface area contributed by atoms with Crippen LogP contribution < -0.4 is 5.32 Å². The molecule has 0 atom stereocenters. The molecule has 0 saturated heterocycles. The molecule has 0 aliphatic rings. The van der Waals surface area contributed by atoms with Gasteiger partial charge in [-0.3, -0.25) is 9.78 Å². The van der Waals surface area contributed by atoms with E-state index in [1.807, 2.05) is 22.8 Å². The molecule has 0 aliphatic heterocycles. The van der Waals surface area contributed by atoms with Crippen molar-refractivity contribution in [2.45, 2.75) is 18.1 Å². The molecule has 1 amide bonds. The molecule has 26 heavy (non-hydrogen) atoms. The lowest BCUT2D eigenvalue weighted by Gasteiger charge is -2.08. The van der Waals surface area contributed by atoms with Gasteiger partial charge in [0.1, 0.15) is 5.82 Å². The summed E-state index contributed by atoms with van der Waals surface area (Å²) in [5.41, 5.74) is 1.84. The summed E-state index contributed by atoms with van der Waals surface area (Å²) in [7, 11) is 0. The molecule has 2 heterocycles. The van der Waals surface area contributed by atoms with E-state index in [0.29, 0.717) is 23.8 Å². The van der Waals surface area contributed by atoms with Crippen molar-refractivity contribution in [1.82, 2.24) is 19.7 Å². The number of rotatable bonds is 8. The quantitative estimate of drug-likeness (QED) is 0.490. The van der Waals surface area contributed by atoms with Crippen LogP contribution in [0.3, 0.4) is 0 Å². The highest BCUT2D eigenvalue weighted by molar-refractivity contribution is 7.99. The first kappa shape index (κ1) is 17.9. The van der Waals surface area contributed by atoms with Crippen molar-refractivity contribution in [3.8, 4) is 0 Å². The number of carbonyl (C=O) groups excluding carboxylic acids is 1. The van der Waals surface area contributed by atoms with Crippen LogP contribution in [0.25, 0.3) is 0 Å². The fourth-order valence-corrected chi connectivity index (χ4v) is 3.18. The van der Waals surface area contributed by atoms with Crippen molar-refractivity contribution in [2.24, 2.45) is 0 Å². The van der Waals surface area contributed by atoms with Crippen molar-refractivity contribution < 1.29 is 4.79 Å². The van der Waals surface area contributed by atoms with Gasteiger partial charge in [0, 0.05) is 19.2 Å². The second kappa shape index (κ2) is 8.96. The first-order valence-electron chi connectivity index (χ1n) is 8.16. The van der Waals surface area contributed by atoms with Crippen LogP contribution in [0.1, 0.15) is 11.4 Å². The maximum absolute atomic E-state index is 12.1. The molecule has 6 nitrogen and oxygen atoms in total. The Hall–Kier alpha value is -2.93. The topological polar surface area (TPSA) is 72.7 Å². The monoisotopic (exact) mass is 365 g/mol. The zero-order chi connectivity index (χ0) is 18.2. The van der Waals surface area contributed by atoms with E-state index >= 15 is 0 Å². The minimum atomic E-state index is -0.110. The van der Waals surface area contributed by atoms with Gasteiger partial charge < -0.3 is 9.88 Å². The standard InChI is InChI=1S/C19H19N5OS/c1-2-11-24-17(12-15-7-4-3-5-8-15)22-23-19(24)26-14-18(25)21-16-9-6-10-20-13-16/h2-10,13H,1,11-12,14H2,(H,21,25). The molecule has 1 aromatic carbocycles. The highest BCUT2D eigenvalue weighted by atomic mass is 32.2. The van der Waals surface area contributed by atoms with Gasteiger partial charge in [0.25, 0.3) is 0 Å². The third-order valence-corrected chi connectivity index (χ3v) is 4.55. The van der Waals surface area contributed by atoms with Gasteiger partial charge in [-0.1, -0.05) is 48.2 Å². The van der Waals surface area contributed by atoms with Crippen molar-refractivity contribution >= 4 is 23.4 Å². The van der Waals surface area contributed by atoms with Crippen LogP contribution in [0.4, 0.5) is 5.69 Å². The Balaban J connectivity index is 1.65. The van der Waals surface area contributed by atoms with Crippen LogP contribution in [0.2, 0.25) is 0 Å². The maximum Gasteiger partial charge on any atom is 0.234 e. The fraction of sp³-hybridized carbons (Fsp3) is 0.158. The molecule has 0 fully saturated rings. The molecule has 3 rings (SSSR count). The molecule has 0 bridgehead atoms. The molecule has 3 aromatic rings. The zero-order valence-electron chi connectivity index (χ0n) is 14.2. The highest BCUT2D eigenvalue weighted by Crippen LogP contribution is 2.19. The van der Waals surface area contributed by atoms with Crippen molar-refractivity contribution in [2.75, 3.05) is 11.1 Å². The molecule has 0 spiro atoms. The van der Waals surface area contributed by atoms with Gasteiger partial charge in [-0.05, 0) is 17.7 Å². The highest BCUT2D eigenvalue weighted by Gasteiger charge is 2.14. The van der Waals surface area contributed by atoms with Crippen LogP contribution in [-0.4, -0.2) is 31.4 Å². The summed E-state index contributed by atoms with van der Waals surface area (Å²) in [6, 6.07) is 13.7. The van der Waals surface area contributed by atoms with Crippen LogP contribution >= 0.6 is 11.8 Å². The second-order valence-corrected chi connectivity index (χ2v) is 6.48. The molecule has 0 saturated carbocycles. The SMILES string of the molecule is C=CCn1c(Cc2ccccc2)nnc1SCC(=O)Nc1cccnc1. The number of pyridine rings is 1. The molecular weight excluding hydrogens is 346 g/mol. The smallest absolute Gasteiger partial charge is 0.234 e. The number of anilines is 1. The van der Waals surface area contributed by atoms with Gasteiger partial charge in [0.2, 0.25) is 5.91 Å². The third-order valence-electron chi connectivity index (χ3n) is 3.59. The number of nitrogens with one attached hydrogen (secondary N) is 1. The van der Waals surface area contributed by atoms with Gasteiger partial charge >= 0.3 is 0 Å². The fourth-order valence-electron chi connectivity index (χ4n) is 2.41. The molecule has 7 heteroatoms. The van der Waals surface area contributed by atoms with Gasteiger partial charge in [-0.15, -0.1) is 16.8 Å². The summed E-state index contributed by atoms with van der Waals surface area (Å²) < 4.78 is 1.99. The first-order chi connectivity index (χ1) is 12.8. The minimum Gasteiger partial charge on any atom is -0.324 e. The van der Waals surface area contributed by atoms with E-state index in [0.717, 1.165) is 11.4 Å². The zero-order valence-corrected chi connectivity index (χ0v) is 15.0. The minimum absolute atomic E-state index is 0.110. The van der Waals surface area contributed by atoms with E-state index in [2.05, 4.69) is 39.2 Å². The molecule has 0 aliphatic carbocycles. The van der Waals surface area contributed by atoms with Gasteiger partial charge in [-0.2, -0.15) is 0 Å². The molecule has 2 aromatic heterocycles. The summed E-state index contributed by atoms with van der Waals surface area (Å²) >= 11 is 1.35. The third kappa shape index (κ3) is 4.80. The Morgan fingerprint density at radius 3 is 2.77 bits per heavy atom. The van der Waals surface area contributed by atoms with Crippen molar-refractivity contribution in [3.63, 3.8) is 0 Å². The van der Waals surface area contributed by atoms with Crippen molar-refractivity contribution in [3.05, 3.63) is 78.9 Å². The average molecular weight is 365 g/mol. The van der Waals surface area contributed by atoms with E-state index < -0.39 is 0 Å². The number of hydrogen-bond donors (Lipinski definition) is 1. The van der Waals surface area contributed by atoms with Gasteiger partial charge in [0.15, 0.2) is 5.16 Å². The maximum atomic E-state index is 12.1. The van der Waals surface area contributed by atoms with E-state index in [1.165, 1.54) is 11.8 Å². The Morgan fingerprint density at radius 2 is 2.04 bits per heavy atom. The lowest BCUT2D eigenvalue weighted by atomic mass is 10.1. The van der Waals surface area contributed by atoms with Crippen molar-refractivity contribution in [1.29, 1.82) is 0 Å². The molecular formula is C19H19N5OS. The summed E-state index contributed by atoms with van der Waals surface area (Å²) in [5.74, 6) is 0.988. The predicted octanol–water partition coefficient (Wildman–Crippen LogP) is 3.18. The van der Waals surface area contributed by atoms with E-state index in [4.69, 9.17) is 0 Å². The summed E-state index contributed by atoms with van der Waals surface area (Å²) in [6.45, 7) is 4.40. The lowest BCUT2D eigenvalue weighted by Crippen LogP contribution is -2.15. The lowest BCUT2D eigenvalue weighted by molar-refractivity contribution is -0.113. The van der Waals surface area contributed by atoms with Gasteiger partial charge in [0.05, 0.1) is 17.6 Å². The van der Waals surface area contributed by atoms with Crippen LogP contribution in [0.5, 0.6) is 0 Å². The Morgan fingerprint density at radius 1 is 1.19 bits per heavy atom. The first-order valence-corrected chi connectivity index (χ1v) is 9.14. The van der Waals surface area contributed by atoms with Crippen LogP contribution in [-0.2, 0) is 17.8 Å². The largest absolute Gasteiger partial charge is 0.324 e. The Kier molecular flexibility index (Phi) is 6.16. The molecule has 0 unspecified atom stereocenters. The number of nitrogens with zero attached hydrogens (tertiary/aromatic N) is 4.